The Morgan fingerprint density at radius 3 is 2.37 bits per heavy atom. The molecule has 0 saturated carbocycles. The van der Waals surface area contributed by atoms with Crippen molar-refractivity contribution in [2.45, 2.75) is 26.1 Å². The van der Waals surface area contributed by atoms with E-state index in [1.54, 1.807) is 25.6 Å². The minimum Gasteiger partial charge on any atom is -0.497 e. The van der Waals surface area contributed by atoms with Crippen LogP contribution >= 0.6 is 11.3 Å². The van der Waals surface area contributed by atoms with E-state index in [2.05, 4.69) is 71.3 Å². The monoisotopic (exact) mass is 596 g/mol. The molecule has 1 aliphatic heterocycles. The zero-order valence-corrected chi connectivity index (χ0v) is 26.0. The molecule has 1 saturated heterocycles. The van der Waals surface area contributed by atoms with Crippen LogP contribution in [-0.4, -0.2) is 72.5 Å². The zero-order valence-electron chi connectivity index (χ0n) is 25.2. The first-order chi connectivity index (χ1) is 21.0. The number of aromatic nitrogens is 1. The van der Waals surface area contributed by atoms with Crippen molar-refractivity contribution in [3.63, 3.8) is 0 Å². The Hall–Kier alpha value is -3.98. The van der Waals surface area contributed by atoms with Crippen LogP contribution in [0.1, 0.15) is 45.2 Å². The fourth-order valence-electron chi connectivity index (χ4n) is 5.33. The zero-order chi connectivity index (χ0) is 30.0. The minimum absolute atomic E-state index is 0.0152. The van der Waals surface area contributed by atoms with Crippen LogP contribution in [0.2, 0.25) is 0 Å². The van der Waals surface area contributed by atoms with Gasteiger partial charge >= 0.3 is 0 Å². The molecule has 4 aromatic rings. The van der Waals surface area contributed by atoms with Gasteiger partial charge in [-0.05, 0) is 24.1 Å². The fraction of sp³-hybridized carbons (Fsp3) is 0.314. The number of amides is 1. The molecule has 43 heavy (non-hydrogen) atoms. The largest absolute Gasteiger partial charge is 0.497 e. The lowest BCUT2D eigenvalue weighted by Crippen LogP contribution is -2.48. The van der Waals surface area contributed by atoms with Crippen molar-refractivity contribution in [2.75, 3.05) is 46.9 Å². The summed E-state index contributed by atoms with van der Waals surface area (Å²) in [4.78, 5) is 24.9. The van der Waals surface area contributed by atoms with E-state index in [-0.39, 0.29) is 11.9 Å². The molecule has 224 valence electrons. The SMILES string of the molecule is COc1ccc(CN(Cc2nc(C(=O)N3CCN(CC=Cc4ccccc4)CC3)cs2)C(C)c2ccccc2)c(OC)c1. The highest BCUT2D eigenvalue weighted by atomic mass is 32.1. The second kappa shape index (κ2) is 15.0. The Balaban J connectivity index is 1.23. The molecule has 1 atom stereocenters. The van der Waals surface area contributed by atoms with E-state index in [1.165, 1.54) is 11.1 Å². The number of hydrogen-bond donors (Lipinski definition) is 0. The Kier molecular flexibility index (Phi) is 10.6. The lowest BCUT2D eigenvalue weighted by molar-refractivity contribution is 0.0645. The number of carbonyl (C=O) groups excluding carboxylic acids is 1. The topological polar surface area (TPSA) is 58.1 Å². The summed E-state index contributed by atoms with van der Waals surface area (Å²) < 4.78 is 11.1. The highest BCUT2D eigenvalue weighted by Gasteiger charge is 2.25. The van der Waals surface area contributed by atoms with Crippen molar-refractivity contribution in [1.82, 2.24) is 19.7 Å². The molecule has 1 aromatic heterocycles. The molecule has 1 aliphatic rings. The van der Waals surface area contributed by atoms with Gasteiger partial charge in [0.05, 0.1) is 20.8 Å². The van der Waals surface area contributed by atoms with Gasteiger partial charge in [0.2, 0.25) is 0 Å². The van der Waals surface area contributed by atoms with Gasteiger partial charge in [0.15, 0.2) is 0 Å². The van der Waals surface area contributed by atoms with Crippen molar-refractivity contribution in [3.8, 4) is 11.5 Å². The summed E-state index contributed by atoms with van der Waals surface area (Å²) in [5.41, 5.74) is 4.03. The summed E-state index contributed by atoms with van der Waals surface area (Å²) in [6, 6.07) is 26.9. The molecule has 5 rings (SSSR count). The smallest absolute Gasteiger partial charge is 0.273 e. The van der Waals surface area contributed by atoms with E-state index in [1.807, 2.05) is 46.7 Å². The number of benzene rings is 3. The van der Waals surface area contributed by atoms with Crippen LogP contribution in [0.15, 0.2) is 90.3 Å². The molecule has 8 heteroatoms. The number of carbonyl (C=O) groups is 1. The highest BCUT2D eigenvalue weighted by Crippen LogP contribution is 2.31. The molecular formula is C35H40N4O3S. The number of piperazine rings is 1. The third kappa shape index (κ3) is 8.10. The van der Waals surface area contributed by atoms with Crippen LogP contribution in [0, 0.1) is 0 Å². The Labute approximate surface area is 259 Å². The standard InChI is InChI=1S/C35H40N4O3S/c1-27(29-14-8-5-9-15-29)39(24-30-16-17-31(41-2)23-33(30)42-3)25-34-36-32(26-43-34)35(40)38-21-19-37(20-22-38)18-10-13-28-11-6-4-7-12-28/h4-17,23,26-27H,18-22,24-25H2,1-3H3. The quantitative estimate of drug-likeness (QED) is 0.189. The van der Waals surface area contributed by atoms with Gasteiger partial charge in [0.1, 0.15) is 22.2 Å². The van der Waals surface area contributed by atoms with Crippen LogP contribution in [0.4, 0.5) is 0 Å². The Morgan fingerprint density at radius 2 is 1.67 bits per heavy atom. The molecule has 3 aromatic carbocycles. The summed E-state index contributed by atoms with van der Waals surface area (Å²) in [6.45, 7) is 7.49. The third-order valence-electron chi connectivity index (χ3n) is 7.94. The summed E-state index contributed by atoms with van der Waals surface area (Å²) in [5.74, 6) is 1.56. The average molecular weight is 597 g/mol. The maximum absolute atomic E-state index is 13.4. The lowest BCUT2D eigenvalue weighted by Gasteiger charge is -2.33. The van der Waals surface area contributed by atoms with Crippen LogP contribution in [0.5, 0.6) is 11.5 Å². The number of methoxy groups -OCH3 is 2. The van der Waals surface area contributed by atoms with Gasteiger partial charge in [0, 0.05) is 62.3 Å². The van der Waals surface area contributed by atoms with E-state index in [0.717, 1.165) is 41.7 Å². The summed E-state index contributed by atoms with van der Waals surface area (Å²) in [6.07, 6.45) is 4.35. The number of hydrogen-bond acceptors (Lipinski definition) is 7. The van der Waals surface area contributed by atoms with E-state index in [0.29, 0.717) is 31.9 Å². The summed E-state index contributed by atoms with van der Waals surface area (Å²) in [7, 11) is 3.34. The van der Waals surface area contributed by atoms with Gasteiger partial charge in [0.25, 0.3) is 5.91 Å². The molecule has 7 nitrogen and oxygen atoms in total. The third-order valence-corrected chi connectivity index (χ3v) is 8.77. The van der Waals surface area contributed by atoms with Crippen LogP contribution < -0.4 is 9.47 Å². The molecule has 0 spiro atoms. The fourth-order valence-corrected chi connectivity index (χ4v) is 6.12. The van der Waals surface area contributed by atoms with Crippen molar-refractivity contribution in [1.29, 1.82) is 0 Å². The van der Waals surface area contributed by atoms with Crippen molar-refractivity contribution in [3.05, 3.63) is 118 Å². The van der Waals surface area contributed by atoms with Gasteiger partial charge in [-0.25, -0.2) is 4.98 Å². The molecule has 0 radical (unpaired) electrons. The molecular weight excluding hydrogens is 556 g/mol. The molecule has 0 bridgehead atoms. The Bertz CT molecular complexity index is 1480. The van der Waals surface area contributed by atoms with Crippen molar-refractivity contribution in [2.24, 2.45) is 0 Å². The second-order valence-corrected chi connectivity index (χ2v) is 11.6. The first-order valence-electron chi connectivity index (χ1n) is 14.7. The minimum atomic E-state index is 0.0152. The normalized spacial score (nSPS) is 14.7. The summed E-state index contributed by atoms with van der Waals surface area (Å²) >= 11 is 1.55. The molecule has 1 unspecified atom stereocenters. The number of rotatable bonds is 12. The van der Waals surface area contributed by atoms with E-state index < -0.39 is 0 Å². The first kappa shape index (κ1) is 30.5. The van der Waals surface area contributed by atoms with Gasteiger partial charge in [-0.15, -0.1) is 11.3 Å². The van der Waals surface area contributed by atoms with E-state index in [9.17, 15) is 4.79 Å². The van der Waals surface area contributed by atoms with Crippen molar-refractivity contribution < 1.29 is 14.3 Å². The lowest BCUT2D eigenvalue weighted by atomic mass is 10.1. The number of thiazole rings is 1. The van der Waals surface area contributed by atoms with Gasteiger partial charge in [-0.3, -0.25) is 14.6 Å². The molecule has 1 fully saturated rings. The first-order valence-corrected chi connectivity index (χ1v) is 15.6. The van der Waals surface area contributed by atoms with Gasteiger partial charge in [-0.2, -0.15) is 0 Å². The molecule has 0 aliphatic carbocycles. The van der Waals surface area contributed by atoms with Crippen LogP contribution in [-0.2, 0) is 13.1 Å². The predicted octanol–water partition coefficient (Wildman–Crippen LogP) is 6.39. The summed E-state index contributed by atoms with van der Waals surface area (Å²) in [5, 5.41) is 2.83. The predicted molar refractivity (Wildman–Crippen MR) is 174 cm³/mol. The van der Waals surface area contributed by atoms with E-state index in [4.69, 9.17) is 14.5 Å². The maximum Gasteiger partial charge on any atom is 0.273 e. The maximum atomic E-state index is 13.4. The highest BCUT2D eigenvalue weighted by molar-refractivity contribution is 7.09. The molecule has 2 heterocycles. The Morgan fingerprint density at radius 1 is 0.953 bits per heavy atom. The second-order valence-electron chi connectivity index (χ2n) is 10.7. The average Bonchev–Trinajstić information content (AvgIpc) is 3.53. The van der Waals surface area contributed by atoms with E-state index >= 15 is 0 Å². The molecule has 1 amide bonds. The van der Waals surface area contributed by atoms with Gasteiger partial charge in [-0.1, -0.05) is 78.9 Å². The van der Waals surface area contributed by atoms with Crippen molar-refractivity contribution >= 4 is 23.3 Å². The number of nitrogens with zero attached hydrogens (tertiary/aromatic N) is 4. The van der Waals surface area contributed by atoms with Crippen LogP contribution in [0.3, 0.4) is 0 Å². The molecule has 0 N–H and O–H groups in total. The van der Waals surface area contributed by atoms with Crippen LogP contribution in [0.25, 0.3) is 6.08 Å². The number of ether oxygens (including phenoxy) is 2. The van der Waals surface area contributed by atoms with Gasteiger partial charge < -0.3 is 14.4 Å².